The van der Waals surface area contributed by atoms with E-state index in [0.717, 1.165) is 38.3 Å². The number of hydrogen-bond acceptors (Lipinski definition) is 3. The molecule has 1 atom stereocenters. The minimum Gasteiger partial charge on any atom is -0.497 e. The zero-order valence-electron chi connectivity index (χ0n) is 9.58. The van der Waals surface area contributed by atoms with Crippen molar-refractivity contribution in [3.8, 4) is 5.75 Å². The van der Waals surface area contributed by atoms with Crippen molar-refractivity contribution in [3.63, 3.8) is 0 Å². The Kier molecular flexibility index (Phi) is 2.37. The third-order valence-electron chi connectivity index (χ3n) is 3.71. The molecule has 3 nitrogen and oxygen atoms in total. The highest BCUT2D eigenvalue weighted by Gasteiger charge is 2.40. The normalized spacial score (nSPS) is 28.1. The van der Waals surface area contributed by atoms with Gasteiger partial charge in [-0.3, -0.25) is 0 Å². The van der Waals surface area contributed by atoms with Gasteiger partial charge in [0, 0.05) is 6.54 Å². The average molecular weight is 219 g/mol. The Morgan fingerprint density at radius 1 is 1.44 bits per heavy atom. The summed E-state index contributed by atoms with van der Waals surface area (Å²) in [5.41, 5.74) is 2.87. The van der Waals surface area contributed by atoms with Gasteiger partial charge >= 0.3 is 0 Å². The molecule has 3 rings (SSSR count). The van der Waals surface area contributed by atoms with Crippen LogP contribution in [0.5, 0.6) is 5.75 Å². The van der Waals surface area contributed by atoms with E-state index < -0.39 is 0 Å². The zero-order valence-corrected chi connectivity index (χ0v) is 9.58. The first-order valence-electron chi connectivity index (χ1n) is 5.84. The number of benzene rings is 1. The number of fused-ring (bicyclic) bond motifs is 2. The topological polar surface area (TPSA) is 30.5 Å². The lowest BCUT2D eigenvalue weighted by Gasteiger charge is -2.35. The molecular weight excluding hydrogens is 202 g/mol. The van der Waals surface area contributed by atoms with Crippen LogP contribution in [0.1, 0.15) is 17.5 Å². The molecule has 1 aromatic rings. The molecule has 86 valence electrons. The third-order valence-corrected chi connectivity index (χ3v) is 3.71. The highest BCUT2D eigenvalue weighted by Crippen LogP contribution is 2.39. The summed E-state index contributed by atoms with van der Waals surface area (Å²) in [6, 6.07) is 6.38. The minimum atomic E-state index is 0.0693. The molecule has 1 aliphatic carbocycles. The third kappa shape index (κ3) is 1.43. The Morgan fingerprint density at radius 3 is 3.12 bits per heavy atom. The van der Waals surface area contributed by atoms with E-state index in [2.05, 4.69) is 17.4 Å². The van der Waals surface area contributed by atoms with Crippen LogP contribution in [-0.2, 0) is 16.7 Å². The van der Waals surface area contributed by atoms with Gasteiger partial charge in [-0.2, -0.15) is 0 Å². The van der Waals surface area contributed by atoms with Crippen molar-refractivity contribution in [3.05, 3.63) is 29.3 Å². The molecule has 1 aromatic carbocycles. The standard InChI is InChI=1S/C13H17NO2/c1-15-11-2-3-12-10(8-11)4-5-13(12)9-16-7-6-14-13/h2-3,8,14H,4-7,9H2,1H3/t13-/m0/s1. The van der Waals surface area contributed by atoms with E-state index in [-0.39, 0.29) is 5.54 Å². The van der Waals surface area contributed by atoms with E-state index in [1.54, 1.807) is 7.11 Å². The summed E-state index contributed by atoms with van der Waals surface area (Å²) in [4.78, 5) is 0. The van der Waals surface area contributed by atoms with E-state index in [1.165, 1.54) is 11.1 Å². The second-order valence-electron chi connectivity index (χ2n) is 4.58. The largest absolute Gasteiger partial charge is 0.497 e. The van der Waals surface area contributed by atoms with Crippen LogP contribution < -0.4 is 10.1 Å². The van der Waals surface area contributed by atoms with Crippen LogP contribution in [0.3, 0.4) is 0 Å². The van der Waals surface area contributed by atoms with Crippen molar-refractivity contribution in [2.24, 2.45) is 0 Å². The van der Waals surface area contributed by atoms with Gasteiger partial charge in [-0.15, -0.1) is 0 Å². The van der Waals surface area contributed by atoms with E-state index in [1.807, 2.05) is 6.07 Å². The van der Waals surface area contributed by atoms with Crippen LogP contribution in [0.15, 0.2) is 18.2 Å². The van der Waals surface area contributed by atoms with Crippen LogP contribution in [-0.4, -0.2) is 26.9 Å². The monoisotopic (exact) mass is 219 g/mol. The van der Waals surface area contributed by atoms with Crippen molar-refractivity contribution < 1.29 is 9.47 Å². The number of ether oxygens (including phenoxy) is 2. The fourth-order valence-corrected chi connectivity index (χ4v) is 2.85. The fraction of sp³-hybridized carbons (Fsp3) is 0.538. The number of morpholine rings is 1. The minimum absolute atomic E-state index is 0.0693. The van der Waals surface area contributed by atoms with Crippen molar-refractivity contribution in [2.45, 2.75) is 18.4 Å². The van der Waals surface area contributed by atoms with Crippen LogP contribution in [0.25, 0.3) is 0 Å². The first kappa shape index (κ1) is 10.1. The molecule has 1 N–H and O–H groups in total. The zero-order chi connectivity index (χ0) is 11.0. The average Bonchev–Trinajstić information content (AvgIpc) is 2.69. The lowest BCUT2D eigenvalue weighted by Crippen LogP contribution is -2.50. The molecule has 0 amide bonds. The molecule has 1 spiro atoms. The summed E-state index contributed by atoms with van der Waals surface area (Å²) in [5.74, 6) is 0.951. The van der Waals surface area contributed by atoms with Crippen LogP contribution in [0.4, 0.5) is 0 Å². The van der Waals surface area contributed by atoms with Gasteiger partial charge in [0.25, 0.3) is 0 Å². The molecule has 1 heterocycles. The van der Waals surface area contributed by atoms with Crippen LogP contribution in [0, 0.1) is 0 Å². The van der Waals surface area contributed by atoms with Crippen molar-refractivity contribution >= 4 is 0 Å². The van der Waals surface area contributed by atoms with Crippen LogP contribution in [0.2, 0.25) is 0 Å². The summed E-state index contributed by atoms with van der Waals surface area (Å²) < 4.78 is 10.9. The summed E-state index contributed by atoms with van der Waals surface area (Å²) in [6.07, 6.45) is 2.25. The smallest absolute Gasteiger partial charge is 0.119 e. The summed E-state index contributed by atoms with van der Waals surface area (Å²) in [5, 5.41) is 3.62. The summed E-state index contributed by atoms with van der Waals surface area (Å²) in [6.45, 7) is 2.57. The quantitative estimate of drug-likeness (QED) is 0.775. The highest BCUT2D eigenvalue weighted by atomic mass is 16.5. The fourth-order valence-electron chi connectivity index (χ4n) is 2.85. The molecule has 0 bridgehead atoms. The van der Waals surface area contributed by atoms with E-state index in [0.29, 0.717) is 0 Å². The number of rotatable bonds is 1. The molecule has 16 heavy (non-hydrogen) atoms. The van der Waals surface area contributed by atoms with Gasteiger partial charge in [-0.25, -0.2) is 0 Å². The maximum Gasteiger partial charge on any atom is 0.119 e. The Balaban J connectivity index is 1.98. The van der Waals surface area contributed by atoms with Crippen molar-refractivity contribution in [1.82, 2.24) is 5.32 Å². The number of aryl methyl sites for hydroxylation is 1. The van der Waals surface area contributed by atoms with Crippen molar-refractivity contribution in [1.29, 1.82) is 0 Å². The Morgan fingerprint density at radius 2 is 2.38 bits per heavy atom. The number of methoxy groups -OCH3 is 1. The second kappa shape index (κ2) is 3.75. The molecule has 0 aromatic heterocycles. The summed E-state index contributed by atoms with van der Waals surface area (Å²) in [7, 11) is 1.72. The first-order chi connectivity index (χ1) is 7.84. The molecule has 1 fully saturated rings. The molecular formula is C13H17NO2. The van der Waals surface area contributed by atoms with Gasteiger partial charge in [0.2, 0.25) is 0 Å². The maximum absolute atomic E-state index is 5.63. The maximum atomic E-state index is 5.63. The predicted molar refractivity (Wildman–Crippen MR) is 61.8 cm³/mol. The molecule has 1 saturated heterocycles. The van der Waals surface area contributed by atoms with Gasteiger partial charge in [-0.1, -0.05) is 6.07 Å². The second-order valence-corrected chi connectivity index (χ2v) is 4.58. The van der Waals surface area contributed by atoms with E-state index in [4.69, 9.17) is 9.47 Å². The number of nitrogens with one attached hydrogen (secondary N) is 1. The summed E-state index contributed by atoms with van der Waals surface area (Å²) >= 11 is 0. The lowest BCUT2D eigenvalue weighted by atomic mass is 9.92. The molecule has 0 saturated carbocycles. The highest BCUT2D eigenvalue weighted by molar-refractivity contribution is 5.44. The van der Waals surface area contributed by atoms with E-state index in [9.17, 15) is 0 Å². The predicted octanol–water partition coefficient (Wildman–Crippen LogP) is 1.46. The first-order valence-corrected chi connectivity index (χ1v) is 5.84. The van der Waals surface area contributed by atoms with Gasteiger partial charge in [0.15, 0.2) is 0 Å². The van der Waals surface area contributed by atoms with Crippen molar-refractivity contribution in [2.75, 3.05) is 26.9 Å². The van der Waals surface area contributed by atoms with Gasteiger partial charge in [-0.05, 0) is 36.1 Å². The molecule has 0 radical (unpaired) electrons. The van der Waals surface area contributed by atoms with Gasteiger partial charge < -0.3 is 14.8 Å². The Hall–Kier alpha value is -1.06. The molecule has 1 aliphatic heterocycles. The SMILES string of the molecule is COc1ccc2c(c1)CC[C@]21COCCN1. The lowest BCUT2D eigenvalue weighted by molar-refractivity contribution is 0.0260. The number of hydrogen-bond donors (Lipinski definition) is 1. The Labute approximate surface area is 95.8 Å². The Bertz CT molecular complexity index is 397. The molecule has 3 heteroatoms. The van der Waals surface area contributed by atoms with E-state index >= 15 is 0 Å². The van der Waals surface area contributed by atoms with Gasteiger partial charge in [0.1, 0.15) is 5.75 Å². The molecule has 2 aliphatic rings. The molecule has 0 unspecified atom stereocenters. The van der Waals surface area contributed by atoms with Gasteiger partial charge in [0.05, 0.1) is 25.9 Å². The van der Waals surface area contributed by atoms with Crippen LogP contribution >= 0.6 is 0 Å².